The Balaban J connectivity index is 2.17. The van der Waals surface area contributed by atoms with Gasteiger partial charge in [0.25, 0.3) is 0 Å². The van der Waals surface area contributed by atoms with Crippen LogP contribution in [0.1, 0.15) is 17.5 Å². The van der Waals surface area contributed by atoms with Gasteiger partial charge < -0.3 is 4.98 Å². The minimum absolute atomic E-state index is 0.962. The van der Waals surface area contributed by atoms with E-state index in [0.29, 0.717) is 0 Å². The van der Waals surface area contributed by atoms with E-state index < -0.39 is 0 Å². The highest BCUT2D eigenvalue weighted by molar-refractivity contribution is 7.99. The molecular weight excluding hydrogens is 293 g/mol. The zero-order valence-corrected chi connectivity index (χ0v) is 14.0. The van der Waals surface area contributed by atoms with Crippen molar-refractivity contribution in [2.45, 2.75) is 6.42 Å². The van der Waals surface area contributed by atoms with Crippen molar-refractivity contribution in [3.63, 3.8) is 0 Å². The van der Waals surface area contributed by atoms with Crippen LogP contribution in [-0.4, -0.2) is 22.7 Å². The standard InChI is InChI=1S/C18H20NPS/c20-12-17(15-8-9-19-11-15)18(14-5-2-1-3-6-14)16-7-4-10-21-13-16/h1-3,5-9,11,19H,4,10,12-13,20H2/b18-17+. The molecule has 0 radical (unpaired) electrons. The summed E-state index contributed by atoms with van der Waals surface area (Å²) < 4.78 is 0. The number of H-pyrrole nitrogens is 1. The molecule has 1 atom stereocenters. The summed E-state index contributed by atoms with van der Waals surface area (Å²) in [5.41, 5.74) is 6.92. The molecule has 0 bridgehead atoms. The molecule has 0 spiro atoms. The molecule has 1 aromatic carbocycles. The lowest BCUT2D eigenvalue weighted by Crippen LogP contribution is -2.03. The van der Waals surface area contributed by atoms with Gasteiger partial charge in [0.05, 0.1) is 0 Å². The van der Waals surface area contributed by atoms with Gasteiger partial charge in [-0.1, -0.05) is 36.4 Å². The fourth-order valence-electron chi connectivity index (χ4n) is 2.77. The molecule has 108 valence electrons. The highest BCUT2D eigenvalue weighted by Gasteiger charge is 2.16. The molecule has 1 nitrogen and oxygen atoms in total. The minimum atomic E-state index is 0.962. The highest BCUT2D eigenvalue weighted by atomic mass is 32.2. The molecule has 3 rings (SSSR count). The number of aromatic nitrogens is 1. The summed E-state index contributed by atoms with van der Waals surface area (Å²) in [5, 5.41) is 0. The summed E-state index contributed by atoms with van der Waals surface area (Å²) in [7, 11) is 2.89. The van der Waals surface area contributed by atoms with Gasteiger partial charge in [0.2, 0.25) is 0 Å². The predicted molar refractivity (Wildman–Crippen MR) is 98.7 cm³/mol. The first kappa shape index (κ1) is 14.7. The summed E-state index contributed by atoms with van der Waals surface area (Å²) in [5.74, 6) is 2.36. The van der Waals surface area contributed by atoms with Gasteiger partial charge >= 0.3 is 0 Å². The Labute approximate surface area is 133 Å². The Morgan fingerprint density at radius 2 is 2.00 bits per heavy atom. The number of hydrogen-bond acceptors (Lipinski definition) is 1. The normalized spacial score (nSPS) is 16.3. The summed E-state index contributed by atoms with van der Waals surface area (Å²) >= 11 is 2.03. The van der Waals surface area contributed by atoms with Gasteiger partial charge in [-0.3, -0.25) is 0 Å². The van der Waals surface area contributed by atoms with Crippen LogP contribution in [0.25, 0.3) is 11.1 Å². The first-order valence-electron chi connectivity index (χ1n) is 7.29. The molecule has 0 fully saturated rings. The lowest BCUT2D eigenvalue weighted by molar-refractivity contribution is 1.19. The molecule has 0 aliphatic carbocycles. The molecule has 1 aliphatic rings. The van der Waals surface area contributed by atoms with Crippen LogP contribution in [0, 0.1) is 0 Å². The van der Waals surface area contributed by atoms with Crippen LogP contribution in [0.2, 0.25) is 0 Å². The Hall–Kier alpha value is -1.24. The average molecular weight is 313 g/mol. The van der Waals surface area contributed by atoms with Gasteiger partial charge in [-0.15, -0.1) is 9.24 Å². The van der Waals surface area contributed by atoms with Gasteiger partial charge in [-0.25, -0.2) is 0 Å². The molecule has 1 aliphatic heterocycles. The van der Waals surface area contributed by atoms with E-state index in [4.69, 9.17) is 0 Å². The maximum absolute atomic E-state index is 3.19. The summed E-state index contributed by atoms with van der Waals surface area (Å²) in [6.45, 7) is 0. The van der Waals surface area contributed by atoms with Crippen molar-refractivity contribution in [3.05, 3.63) is 71.6 Å². The zero-order valence-electron chi connectivity index (χ0n) is 12.0. The summed E-state index contributed by atoms with van der Waals surface area (Å²) in [4.78, 5) is 3.19. The zero-order chi connectivity index (χ0) is 14.5. The van der Waals surface area contributed by atoms with Gasteiger partial charge in [0.15, 0.2) is 0 Å². The lowest BCUT2D eigenvalue weighted by Gasteiger charge is -2.20. The lowest BCUT2D eigenvalue weighted by atomic mass is 9.91. The van der Waals surface area contributed by atoms with Gasteiger partial charge in [-0.2, -0.15) is 11.8 Å². The maximum atomic E-state index is 3.19. The van der Waals surface area contributed by atoms with Gasteiger partial charge in [0, 0.05) is 18.1 Å². The third-order valence-corrected chi connectivity index (χ3v) is 5.19. The number of hydrogen-bond donors (Lipinski definition) is 1. The molecule has 2 aromatic rings. The van der Waals surface area contributed by atoms with Crippen LogP contribution in [0.5, 0.6) is 0 Å². The summed E-state index contributed by atoms with van der Waals surface area (Å²) in [6.07, 6.45) is 8.66. The van der Waals surface area contributed by atoms with E-state index in [1.54, 1.807) is 0 Å². The number of benzene rings is 1. The number of thioether (sulfide) groups is 1. The second-order valence-corrected chi connectivity index (χ2v) is 6.61. The molecule has 0 amide bonds. The number of nitrogens with one attached hydrogen (secondary N) is 1. The minimum Gasteiger partial charge on any atom is -0.367 e. The van der Waals surface area contributed by atoms with E-state index in [1.807, 2.05) is 18.0 Å². The smallest absolute Gasteiger partial charge is 0.0187 e. The second kappa shape index (κ2) is 7.15. The molecule has 1 N–H and O–H groups in total. The van der Waals surface area contributed by atoms with Gasteiger partial charge in [-0.05, 0) is 52.2 Å². The Morgan fingerprint density at radius 3 is 2.62 bits per heavy atom. The Kier molecular flexibility index (Phi) is 5.00. The van der Waals surface area contributed by atoms with Gasteiger partial charge in [0.1, 0.15) is 0 Å². The topological polar surface area (TPSA) is 15.8 Å². The highest BCUT2D eigenvalue weighted by Crippen LogP contribution is 2.36. The number of aromatic amines is 1. The van der Waals surface area contributed by atoms with Crippen LogP contribution < -0.4 is 0 Å². The average Bonchev–Trinajstić information content (AvgIpc) is 3.08. The monoisotopic (exact) mass is 313 g/mol. The molecule has 0 saturated heterocycles. The van der Waals surface area contributed by atoms with Crippen LogP contribution in [-0.2, 0) is 0 Å². The third kappa shape index (κ3) is 3.33. The quantitative estimate of drug-likeness (QED) is 0.797. The fourth-order valence-corrected chi connectivity index (χ4v) is 4.12. The van der Waals surface area contributed by atoms with Crippen molar-refractivity contribution < 1.29 is 0 Å². The molecular formula is C18H20NPS. The molecule has 1 unspecified atom stereocenters. The van der Waals surface area contributed by atoms with Crippen LogP contribution in [0.15, 0.2) is 60.4 Å². The van der Waals surface area contributed by atoms with Crippen LogP contribution >= 0.6 is 21.0 Å². The number of rotatable bonds is 4. The van der Waals surface area contributed by atoms with E-state index in [0.717, 1.165) is 11.9 Å². The molecule has 21 heavy (non-hydrogen) atoms. The van der Waals surface area contributed by atoms with E-state index in [1.165, 1.54) is 40.0 Å². The van der Waals surface area contributed by atoms with Crippen molar-refractivity contribution in [1.29, 1.82) is 0 Å². The second-order valence-electron chi connectivity index (χ2n) is 5.09. The summed E-state index contributed by atoms with van der Waals surface area (Å²) in [6, 6.07) is 13.0. The maximum Gasteiger partial charge on any atom is 0.0187 e. The van der Waals surface area contributed by atoms with Crippen molar-refractivity contribution in [2.24, 2.45) is 0 Å². The van der Waals surface area contributed by atoms with Crippen molar-refractivity contribution in [1.82, 2.24) is 4.98 Å². The molecule has 1 aromatic heterocycles. The van der Waals surface area contributed by atoms with Crippen molar-refractivity contribution >= 4 is 32.1 Å². The Bertz CT molecular complexity index is 641. The first-order valence-corrected chi connectivity index (χ1v) is 9.26. The molecule has 2 heterocycles. The van der Waals surface area contributed by atoms with E-state index >= 15 is 0 Å². The number of allylic oxidation sites excluding steroid dienone is 3. The van der Waals surface area contributed by atoms with E-state index in [9.17, 15) is 0 Å². The Morgan fingerprint density at radius 1 is 1.14 bits per heavy atom. The van der Waals surface area contributed by atoms with E-state index in [-0.39, 0.29) is 0 Å². The van der Waals surface area contributed by atoms with Crippen molar-refractivity contribution in [2.75, 3.05) is 17.7 Å². The fraction of sp³-hybridized carbons (Fsp3) is 0.222. The van der Waals surface area contributed by atoms with E-state index in [2.05, 4.69) is 62.9 Å². The van der Waals surface area contributed by atoms with Crippen molar-refractivity contribution in [3.8, 4) is 0 Å². The third-order valence-electron chi connectivity index (χ3n) is 3.75. The van der Waals surface area contributed by atoms with Crippen LogP contribution in [0.4, 0.5) is 0 Å². The first-order chi connectivity index (χ1) is 10.4. The predicted octanol–water partition coefficient (Wildman–Crippen LogP) is 4.86. The molecule has 0 saturated carbocycles. The SMILES string of the molecule is PC/C(=C(\C1=CCCSC1)c1ccccc1)c1cc[nH]c1. The van der Waals surface area contributed by atoms with Crippen LogP contribution in [0.3, 0.4) is 0 Å². The largest absolute Gasteiger partial charge is 0.367 e. The molecule has 3 heteroatoms.